The average Bonchev–Trinajstić information content (AvgIpc) is 3.11. The lowest BCUT2D eigenvalue weighted by atomic mass is 10.0. The summed E-state index contributed by atoms with van der Waals surface area (Å²) >= 11 is 1.72. The molecule has 23 heavy (non-hydrogen) atoms. The topological polar surface area (TPSA) is 32.3 Å². The second-order valence-electron chi connectivity index (χ2n) is 6.25. The van der Waals surface area contributed by atoms with Crippen LogP contribution in [-0.4, -0.2) is 30.4 Å². The summed E-state index contributed by atoms with van der Waals surface area (Å²) in [4.78, 5) is 14.9. The molecule has 1 atom stereocenters. The molecule has 1 saturated heterocycles. The van der Waals surface area contributed by atoms with Crippen LogP contribution < -0.4 is 5.32 Å². The maximum atomic E-state index is 12.4. The van der Waals surface area contributed by atoms with Gasteiger partial charge in [0.05, 0.1) is 6.04 Å². The SMILES string of the molecule is Cc1ccc(C(=O)NCC(c2ccsc2)N2CCCCC2)cc1. The van der Waals surface area contributed by atoms with Gasteiger partial charge in [-0.15, -0.1) is 0 Å². The van der Waals surface area contributed by atoms with Crippen molar-refractivity contribution in [2.75, 3.05) is 19.6 Å². The van der Waals surface area contributed by atoms with E-state index in [9.17, 15) is 4.79 Å². The highest BCUT2D eigenvalue weighted by Gasteiger charge is 2.23. The van der Waals surface area contributed by atoms with Crippen molar-refractivity contribution in [2.45, 2.75) is 32.2 Å². The molecule has 0 spiro atoms. The summed E-state index contributed by atoms with van der Waals surface area (Å²) in [5.74, 6) is 0.0160. The Morgan fingerprint density at radius 3 is 2.57 bits per heavy atom. The number of amides is 1. The second kappa shape index (κ2) is 7.75. The summed E-state index contributed by atoms with van der Waals surface area (Å²) in [5.41, 5.74) is 3.23. The third-order valence-corrected chi connectivity index (χ3v) is 5.23. The van der Waals surface area contributed by atoms with Crippen molar-refractivity contribution >= 4 is 17.2 Å². The molecule has 3 nitrogen and oxygen atoms in total. The Balaban J connectivity index is 1.66. The normalized spacial score (nSPS) is 16.9. The van der Waals surface area contributed by atoms with Gasteiger partial charge < -0.3 is 5.32 Å². The average molecular weight is 328 g/mol. The van der Waals surface area contributed by atoms with Gasteiger partial charge in [-0.1, -0.05) is 24.1 Å². The molecule has 1 N–H and O–H groups in total. The summed E-state index contributed by atoms with van der Waals surface area (Å²) in [7, 11) is 0. The van der Waals surface area contributed by atoms with E-state index in [1.54, 1.807) is 11.3 Å². The van der Waals surface area contributed by atoms with Crippen molar-refractivity contribution in [1.29, 1.82) is 0 Å². The van der Waals surface area contributed by atoms with Crippen LogP contribution in [0.25, 0.3) is 0 Å². The first kappa shape index (κ1) is 16.2. The highest BCUT2D eigenvalue weighted by atomic mass is 32.1. The molecule has 0 radical (unpaired) electrons. The molecule has 1 amide bonds. The molecule has 1 aromatic carbocycles. The molecule has 2 aromatic rings. The third kappa shape index (κ3) is 4.21. The smallest absolute Gasteiger partial charge is 0.251 e. The first-order valence-corrected chi connectivity index (χ1v) is 9.29. The predicted octanol–water partition coefficient (Wildman–Crippen LogP) is 4.01. The van der Waals surface area contributed by atoms with Gasteiger partial charge in [0.1, 0.15) is 0 Å². The first-order chi connectivity index (χ1) is 11.2. The lowest BCUT2D eigenvalue weighted by Crippen LogP contribution is -2.40. The molecule has 0 saturated carbocycles. The number of nitrogens with zero attached hydrogens (tertiary/aromatic N) is 1. The first-order valence-electron chi connectivity index (χ1n) is 8.35. The number of carbonyl (C=O) groups is 1. The van der Waals surface area contributed by atoms with Crippen LogP contribution in [0.4, 0.5) is 0 Å². The summed E-state index contributed by atoms with van der Waals surface area (Å²) < 4.78 is 0. The van der Waals surface area contributed by atoms with Crippen LogP contribution >= 0.6 is 11.3 Å². The Labute approximate surface area is 142 Å². The minimum absolute atomic E-state index is 0.0160. The highest BCUT2D eigenvalue weighted by molar-refractivity contribution is 7.07. The molecule has 1 aliphatic heterocycles. The van der Waals surface area contributed by atoms with E-state index >= 15 is 0 Å². The number of piperidine rings is 1. The van der Waals surface area contributed by atoms with Gasteiger partial charge in [0, 0.05) is 12.1 Å². The molecule has 1 aliphatic rings. The van der Waals surface area contributed by atoms with E-state index in [1.165, 1.54) is 30.4 Å². The zero-order chi connectivity index (χ0) is 16.1. The number of hydrogen-bond acceptors (Lipinski definition) is 3. The Morgan fingerprint density at radius 1 is 1.17 bits per heavy atom. The van der Waals surface area contributed by atoms with E-state index in [-0.39, 0.29) is 11.9 Å². The van der Waals surface area contributed by atoms with E-state index in [0.29, 0.717) is 6.54 Å². The molecule has 3 rings (SSSR count). The summed E-state index contributed by atoms with van der Waals surface area (Å²) in [5, 5.41) is 7.45. The molecule has 1 aromatic heterocycles. The monoisotopic (exact) mass is 328 g/mol. The molecule has 4 heteroatoms. The van der Waals surface area contributed by atoms with Crippen molar-refractivity contribution in [3.63, 3.8) is 0 Å². The fourth-order valence-corrected chi connectivity index (χ4v) is 3.86. The van der Waals surface area contributed by atoms with Gasteiger partial charge >= 0.3 is 0 Å². The summed E-state index contributed by atoms with van der Waals surface area (Å²) in [6.45, 7) is 4.95. The molecular weight excluding hydrogens is 304 g/mol. The van der Waals surface area contributed by atoms with E-state index in [2.05, 4.69) is 27.0 Å². The number of hydrogen-bond donors (Lipinski definition) is 1. The van der Waals surface area contributed by atoms with Crippen LogP contribution in [0.1, 0.15) is 46.8 Å². The molecular formula is C19H24N2OS. The van der Waals surface area contributed by atoms with Crippen molar-refractivity contribution in [2.24, 2.45) is 0 Å². The molecule has 2 heterocycles. The van der Waals surface area contributed by atoms with Crippen LogP contribution in [0.3, 0.4) is 0 Å². The van der Waals surface area contributed by atoms with Crippen LogP contribution in [0.15, 0.2) is 41.1 Å². The fraction of sp³-hybridized carbons (Fsp3) is 0.421. The predicted molar refractivity (Wildman–Crippen MR) is 96.0 cm³/mol. The number of rotatable bonds is 5. The van der Waals surface area contributed by atoms with Crippen molar-refractivity contribution in [1.82, 2.24) is 10.2 Å². The third-order valence-electron chi connectivity index (χ3n) is 4.53. The number of benzene rings is 1. The van der Waals surface area contributed by atoms with Gasteiger partial charge in [-0.25, -0.2) is 0 Å². The quantitative estimate of drug-likeness (QED) is 0.899. The number of nitrogens with one attached hydrogen (secondary N) is 1. The number of thiophene rings is 1. The Morgan fingerprint density at radius 2 is 1.91 bits per heavy atom. The van der Waals surface area contributed by atoms with E-state index < -0.39 is 0 Å². The summed E-state index contributed by atoms with van der Waals surface area (Å²) in [6, 6.07) is 10.2. The lowest BCUT2D eigenvalue weighted by Gasteiger charge is -2.34. The van der Waals surface area contributed by atoms with Crippen LogP contribution in [0.5, 0.6) is 0 Å². The van der Waals surface area contributed by atoms with Gasteiger partial charge in [-0.3, -0.25) is 9.69 Å². The zero-order valence-electron chi connectivity index (χ0n) is 13.6. The second-order valence-corrected chi connectivity index (χ2v) is 7.03. The van der Waals surface area contributed by atoms with Crippen molar-refractivity contribution in [3.05, 3.63) is 57.8 Å². The minimum atomic E-state index is 0.0160. The Hall–Kier alpha value is -1.65. The molecule has 1 unspecified atom stereocenters. The summed E-state index contributed by atoms with van der Waals surface area (Å²) in [6.07, 6.45) is 3.83. The number of carbonyl (C=O) groups excluding carboxylic acids is 1. The zero-order valence-corrected chi connectivity index (χ0v) is 14.4. The van der Waals surface area contributed by atoms with Crippen LogP contribution in [-0.2, 0) is 0 Å². The number of likely N-dealkylation sites (tertiary alicyclic amines) is 1. The highest BCUT2D eigenvalue weighted by Crippen LogP contribution is 2.25. The largest absolute Gasteiger partial charge is 0.350 e. The standard InChI is InChI=1S/C19H24N2OS/c1-15-5-7-16(8-6-15)19(22)20-13-18(17-9-12-23-14-17)21-10-3-2-4-11-21/h5-9,12,14,18H,2-4,10-11,13H2,1H3,(H,20,22). The van der Waals surface area contributed by atoms with Crippen LogP contribution in [0, 0.1) is 6.92 Å². The van der Waals surface area contributed by atoms with E-state index in [4.69, 9.17) is 0 Å². The van der Waals surface area contributed by atoms with Crippen molar-refractivity contribution in [3.8, 4) is 0 Å². The molecule has 122 valence electrons. The Bertz CT molecular complexity index is 615. The Kier molecular flexibility index (Phi) is 5.47. The van der Waals surface area contributed by atoms with Gasteiger partial charge in [0.25, 0.3) is 5.91 Å². The van der Waals surface area contributed by atoms with Crippen molar-refractivity contribution < 1.29 is 4.79 Å². The molecule has 0 aliphatic carbocycles. The van der Waals surface area contributed by atoms with Gasteiger partial charge in [-0.05, 0) is 67.4 Å². The molecule has 0 bridgehead atoms. The van der Waals surface area contributed by atoms with Gasteiger partial charge in [-0.2, -0.15) is 11.3 Å². The maximum absolute atomic E-state index is 12.4. The fourth-order valence-electron chi connectivity index (χ4n) is 3.15. The molecule has 1 fully saturated rings. The van der Waals surface area contributed by atoms with Crippen LogP contribution in [0.2, 0.25) is 0 Å². The van der Waals surface area contributed by atoms with E-state index in [0.717, 1.165) is 18.7 Å². The lowest BCUT2D eigenvalue weighted by molar-refractivity contribution is 0.0924. The van der Waals surface area contributed by atoms with Gasteiger partial charge in [0.15, 0.2) is 0 Å². The van der Waals surface area contributed by atoms with E-state index in [1.807, 2.05) is 31.2 Å². The maximum Gasteiger partial charge on any atom is 0.251 e. The number of aryl methyl sites for hydroxylation is 1. The minimum Gasteiger partial charge on any atom is -0.350 e. The van der Waals surface area contributed by atoms with Gasteiger partial charge in [0.2, 0.25) is 0 Å².